The van der Waals surface area contributed by atoms with Gasteiger partial charge in [-0.25, -0.2) is 29.0 Å². The molecule has 26 heavy (non-hydrogen) atoms. The fourth-order valence-corrected chi connectivity index (χ4v) is 1.92. The van der Waals surface area contributed by atoms with Crippen molar-refractivity contribution in [2.24, 2.45) is 5.92 Å². The van der Waals surface area contributed by atoms with Crippen LogP contribution in [0.4, 0.5) is 4.79 Å². The van der Waals surface area contributed by atoms with Gasteiger partial charge in [0.05, 0.1) is 19.4 Å². The highest BCUT2D eigenvalue weighted by Crippen LogP contribution is 2.30. The predicted molar refractivity (Wildman–Crippen MR) is 85.1 cm³/mol. The largest absolute Gasteiger partial charge is 0.467 e. The van der Waals surface area contributed by atoms with Gasteiger partial charge in [-0.05, 0) is 18.4 Å². The lowest BCUT2D eigenvalue weighted by Crippen LogP contribution is -2.43. The summed E-state index contributed by atoms with van der Waals surface area (Å²) in [7, 11) is 1.10. The first-order valence-corrected chi connectivity index (χ1v) is 7.96. The number of hydrogen-bond acceptors (Lipinski definition) is 8. The van der Waals surface area contributed by atoms with E-state index < -0.39 is 36.5 Å². The number of amides is 1. The highest BCUT2D eigenvalue weighted by molar-refractivity contribution is 5.86. The van der Waals surface area contributed by atoms with Crippen LogP contribution in [-0.2, 0) is 40.2 Å². The summed E-state index contributed by atoms with van der Waals surface area (Å²) >= 11 is 0. The number of nitrogens with one attached hydrogen (secondary N) is 1. The van der Waals surface area contributed by atoms with Gasteiger partial charge in [0, 0.05) is 0 Å². The van der Waals surface area contributed by atoms with Gasteiger partial charge in [0.2, 0.25) is 0 Å². The molecule has 0 spiro atoms. The highest BCUT2D eigenvalue weighted by atomic mass is 17.2. The molecule has 1 fully saturated rings. The van der Waals surface area contributed by atoms with Crippen molar-refractivity contribution in [3.05, 3.63) is 35.9 Å². The van der Waals surface area contributed by atoms with Crippen molar-refractivity contribution >= 4 is 24.0 Å². The molecule has 1 aromatic rings. The van der Waals surface area contributed by atoms with E-state index in [1.54, 1.807) is 24.3 Å². The van der Waals surface area contributed by atoms with Gasteiger partial charge in [-0.15, -0.1) is 0 Å². The second kappa shape index (κ2) is 9.40. The summed E-state index contributed by atoms with van der Waals surface area (Å²) in [5.74, 6) is -2.75. The maximum absolute atomic E-state index is 11.8. The van der Waals surface area contributed by atoms with E-state index in [1.807, 2.05) is 6.07 Å². The Morgan fingerprint density at radius 3 is 2.42 bits per heavy atom. The smallest absolute Gasteiger partial charge is 0.408 e. The molecule has 1 aliphatic carbocycles. The number of esters is 1. The molecule has 9 heteroatoms. The molecule has 2 rings (SSSR count). The number of carbonyl (C=O) groups excluding carboxylic acids is 4. The minimum atomic E-state index is -1.34. The third-order valence-corrected chi connectivity index (χ3v) is 3.49. The van der Waals surface area contributed by atoms with E-state index in [2.05, 4.69) is 19.8 Å². The van der Waals surface area contributed by atoms with Crippen molar-refractivity contribution in [1.82, 2.24) is 5.32 Å². The lowest BCUT2D eigenvalue weighted by Gasteiger charge is -2.15. The van der Waals surface area contributed by atoms with Gasteiger partial charge in [-0.1, -0.05) is 30.3 Å². The zero-order valence-corrected chi connectivity index (χ0v) is 14.1. The monoisotopic (exact) mass is 365 g/mol. The van der Waals surface area contributed by atoms with Crippen LogP contribution in [0.2, 0.25) is 0 Å². The quantitative estimate of drug-likeness (QED) is 0.436. The molecule has 9 nitrogen and oxygen atoms in total. The van der Waals surface area contributed by atoms with Crippen LogP contribution >= 0.6 is 0 Å². The second-order valence-corrected chi connectivity index (χ2v) is 5.62. The van der Waals surface area contributed by atoms with E-state index in [-0.39, 0.29) is 12.5 Å². The Labute approximate surface area is 149 Å². The molecule has 1 N–H and O–H groups in total. The predicted octanol–water partition coefficient (Wildman–Crippen LogP) is 1.26. The Bertz CT molecular complexity index is 656. The van der Waals surface area contributed by atoms with E-state index in [9.17, 15) is 19.2 Å². The lowest BCUT2D eigenvalue weighted by atomic mass is 10.2. The van der Waals surface area contributed by atoms with Gasteiger partial charge in [0.15, 0.2) is 0 Å². The third-order valence-electron chi connectivity index (χ3n) is 3.49. The van der Waals surface area contributed by atoms with Crippen LogP contribution in [0.3, 0.4) is 0 Å². The first-order valence-electron chi connectivity index (χ1n) is 7.96. The van der Waals surface area contributed by atoms with Crippen LogP contribution in [0.15, 0.2) is 30.3 Å². The van der Waals surface area contributed by atoms with Crippen LogP contribution in [0.5, 0.6) is 0 Å². The summed E-state index contributed by atoms with van der Waals surface area (Å²) in [6, 6.07) is 7.57. The van der Waals surface area contributed by atoms with E-state index in [0.717, 1.165) is 12.7 Å². The fraction of sp³-hybridized carbons (Fsp3) is 0.412. The summed E-state index contributed by atoms with van der Waals surface area (Å²) < 4.78 is 9.50. The zero-order valence-electron chi connectivity index (χ0n) is 14.1. The Hall–Kier alpha value is -3.10. The molecule has 0 aliphatic heterocycles. The summed E-state index contributed by atoms with van der Waals surface area (Å²) in [6.07, 6.45) is -0.108. The fourth-order valence-electron chi connectivity index (χ4n) is 1.92. The SMILES string of the molecule is COC(=O)[C@H](CC(=O)OOC(=O)C1CC1)NC(=O)OCc1ccccc1. The minimum Gasteiger partial charge on any atom is -0.467 e. The maximum Gasteiger partial charge on any atom is 0.408 e. The average molecular weight is 365 g/mol. The molecule has 0 unspecified atom stereocenters. The van der Waals surface area contributed by atoms with Gasteiger partial charge >= 0.3 is 24.0 Å². The molecule has 1 aromatic carbocycles. The Kier molecular flexibility index (Phi) is 6.95. The Morgan fingerprint density at radius 1 is 1.12 bits per heavy atom. The normalized spacial score (nSPS) is 13.9. The van der Waals surface area contributed by atoms with Gasteiger partial charge < -0.3 is 14.8 Å². The van der Waals surface area contributed by atoms with E-state index in [0.29, 0.717) is 12.8 Å². The van der Waals surface area contributed by atoms with Gasteiger partial charge in [0.25, 0.3) is 0 Å². The molecule has 0 saturated heterocycles. The molecule has 1 saturated carbocycles. The number of carbonyl (C=O) groups is 4. The summed E-state index contributed by atoms with van der Waals surface area (Å²) in [6.45, 7) is -0.00991. The molecule has 0 radical (unpaired) electrons. The van der Waals surface area contributed by atoms with Gasteiger partial charge in [0.1, 0.15) is 12.6 Å². The molecule has 1 amide bonds. The average Bonchev–Trinajstić information content (AvgIpc) is 3.49. The standard InChI is InChI=1S/C17H19NO8/c1-23-16(21)13(9-14(19)25-26-15(20)12-7-8-12)18-17(22)24-10-11-5-3-2-4-6-11/h2-6,12-13H,7-10H2,1H3,(H,18,22)/t13-/m0/s1. The number of benzene rings is 1. The maximum atomic E-state index is 11.8. The van der Waals surface area contributed by atoms with Crippen LogP contribution in [0.25, 0.3) is 0 Å². The van der Waals surface area contributed by atoms with Crippen molar-refractivity contribution < 1.29 is 38.4 Å². The molecule has 0 aromatic heterocycles. The summed E-state index contributed by atoms with van der Waals surface area (Å²) in [5, 5.41) is 2.21. The number of alkyl carbamates (subject to hydrolysis) is 1. The molecule has 1 atom stereocenters. The van der Waals surface area contributed by atoms with Crippen LogP contribution < -0.4 is 5.32 Å². The first kappa shape index (κ1) is 19.2. The van der Waals surface area contributed by atoms with Crippen LogP contribution in [0, 0.1) is 5.92 Å². The second-order valence-electron chi connectivity index (χ2n) is 5.62. The molecule has 140 valence electrons. The molecule has 0 bridgehead atoms. The van der Waals surface area contributed by atoms with Crippen molar-refractivity contribution in [1.29, 1.82) is 0 Å². The van der Waals surface area contributed by atoms with Crippen molar-refractivity contribution in [3.8, 4) is 0 Å². The highest BCUT2D eigenvalue weighted by Gasteiger charge is 2.34. The van der Waals surface area contributed by atoms with Crippen molar-refractivity contribution in [2.45, 2.75) is 31.9 Å². The lowest BCUT2D eigenvalue weighted by molar-refractivity contribution is -0.260. The van der Waals surface area contributed by atoms with E-state index in [1.165, 1.54) is 0 Å². The molecular weight excluding hydrogens is 346 g/mol. The zero-order chi connectivity index (χ0) is 18.9. The van der Waals surface area contributed by atoms with Gasteiger partial charge in [-0.2, -0.15) is 0 Å². The molecule has 1 aliphatic rings. The minimum absolute atomic E-state index is 0.00991. The first-order chi connectivity index (χ1) is 12.5. The van der Waals surface area contributed by atoms with Crippen LogP contribution in [0.1, 0.15) is 24.8 Å². The third kappa shape index (κ3) is 6.42. The number of methoxy groups -OCH3 is 1. The van der Waals surface area contributed by atoms with Crippen LogP contribution in [-0.4, -0.2) is 37.2 Å². The van der Waals surface area contributed by atoms with Crippen molar-refractivity contribution in [2.75, 3.05) is 7.11 Å². The van der Waals surface area contributed by atoms with E-state index >= 15 is 0 Å². The number of ether oxygens (including phenoxy) is 2. The van der Waals surface area contributed by atoms with Gasteiger partial charge in [-0.3, -0.25) is 0 Å². The number of rotatable bonds is 7. The van der Waals surface area contributed by atoms with E-state index in [4.69, 9.17) is 4.74 Å². The Balaban J connectivity index is 1.79. The number of hydrogen-bond donors (Lipinski definition) is 1. The summed E-state index contributed by atoms with van der Waals surface area (Å²) in [4.78, 5) is 55.2. The summed E-state index contributed by atoms with van der Waals surface area (Å²) in [5.41, 5.74) is 0.753. The van der Waals surface area contributed by atoms with Crippen molar-refractivity contribution in [3.63, 3.8) is 0 Å². The topological polar surface area (TPSA) is 117 Å². The Morgan fingerprint density at radius 2 is 1.81 bits per heavy atom. The molecular formula is C17H19NO8. The molecule has 0 heterocycles.